The first kappa shape index (κ1) is 21.8. The van der Waals surface area contributed by atoms with Gasteiger partial charge in [0.2, 0.25) is 0 Å². The summed E-state index contributed by atoms with van der Waals surface area (Å²) in [5.41, 5.74) is 2.74. The number of nitrogens with one attached hydrogen (secondary N) is 2. The second kappa shape index (κ2) is 10.7. The number of benzene rings is 1. The molecule has 0 saturated carbocycles. The number of halogens is 2. The molecule has 2 rings (SSSR count). The lowest BCUT2D eigenvalue weighted by Gasteiger charge is -2.11. The number of rotatable bonds is 6. The standard InChI is InChI=1S/C18H25FN4S.HI/c1-5-16-13(3)24-17(23-16)8-9-21-18(20-4)22-11-14-7-6-12(2)15(19)10-14;/h6-7,10H,5,8-9,11H2,1-4H3,(H2,20,21,22);1H. The van der Waals surface area contributed by atoms with Crippen molar-refractivity contribution in [3.05, 3.63) is 50.7 Å². The van der Waals surface area contributed by atoms with Crippen molar-refractivity contribution >= 4 is 41.3 Å². The maximum Gasteiger partial charge on any atom is 0.191 e. The molecule has 0 bridgehead atoms. The average molecular weight is 476 g/mol. The van der Waals surface area contributed by atoms with E-state index in [0.29, 0.717) is 18.1 Å². The van der Waals surface area contributed by atoms with Crippen LogP contribution in [0, 0.1) is 19.7 Å². The SMILES string of the molecule is CCc1nc(CCNC(=NC)NCc2ccc(C)c(F)c2)sc1C.I. The Bertz CT molecular complexity index is 715. The van der Waals surface area contributed by atoms with Crippen LogP contribution in [0.25, 0.3) is 0 Å². The Kier molecular flexibility index (Phi) is 9.34. The zero-order valence-corrected chi connectivity index (χ0v) is 18.3. The van der Waals surface area contributed by atoms with Gasteiger partial charge in [0.1, 0.15) is 5.82 Å². The fraction of sp³-hybridized carbons (Fsp3) is 0.444. The highest BCUT2D eigenvalue weighted by Crippen LogP contribution is 2.17. The van der Waals surface area contributed by atoms with Gasteiger partial charge in [0.05, 0.1) is 10.7 Å². The topological polar surface area (TPSA) is 49.3 Å². The zero-order valence-electron chi connectivity index (χ0n) is 15.1. The predicted octanol–water partition coefficient (Wildman–Crippen LogP) is 3.99. The number of hydrogen-bond acceptors (Lipinski definition) is 3. The zero-order chi connectivity index (χ0) is 17.5. The minimum absolute atomic E-state index is 0. The molecule has 7 heteroatoms. The molecule has 0 aliphatic carbocycles. The van der Waals surface area contributed by atoms with Crippen molar-refractivity contribution in [1.29, 1.82) is 0 Å². The van der Waals surface area contributed by atoms with E-state index in [0.717, 1.165) is 30.0 Å². The lowest BCUT2D eigenvalue weighted by Crippen LogP contribution is -2.37. The highest BCUT2D eigenvalue weighted by molar-refractivity contribution is 14.0. The quantitative estimate of drug-likeness (QED) is 0.377. The summed E-state index contributed by atoms with van der Waals surface area (Å²) in [5.74, 6) is 0.531. The Morgan fingerprint density at radius 3 is 2.64 bits per heavy atom. The van der Waals surface area contributed by atoms with E-state index < -0.39 is 0 Å². The lowest BCUT2D eigenvalue weighted by molar-refractivity contribution is 0.615. The molecule has 0 saturated heterocycles. The van der Waals surface area contributed by atoms with Crippen LogP contribution in [-0.2, 0) is 19.4 Å². The highest BCUT2D eigenvalue weighted by Gasteiger charge is 2.06. The van der Waals surface area contributed by atoms with Crippen LogP contribution in [0.4, 0.5) is 4.39 Å². The number of aryl methyl sites for hydroxylation is 3. The van der Waals surface area contributed by atoms with E-state index in [9.17, 15) is 4.39 Å². The fourth-order valence-corrected chi connectivity index (χ4v) is 3.38. The normalized spacial score (nSPS) is 11.2. The van der Waals surface area contributed by atoms with Gasteiger partial charge in [-0.15, -0.1) is 35.3 Å². The average Bonchev–Trinajstić information content (AvgIpc) is 2.93. The number of guanidine groups is 1. The van der Waals surface area contributed by atoms with Crippen LogP contribution in [0.1, 0.15) is 33.6 Å². The van der Waals surface area contributed by atoms with Crippen molar-refractivity contribution in [3.63, 3.8) is 0 Å². The molecule has 0 unspecified atom stereocenters. The summed E-state index contributed by atoms with van der Waals surface area (Å²) < 4.78 is 13.6. The van der Waals surface area contributed by atoms with Gasteiger partial charge >= 0.3 is 0 Å². The van der Waals surface area contributed by atoms with Gasteiger partial charge in [-0.3, -0.25) is 4.99 Å². The van der Waals surface area contributed by atoms with Crippen LogP contribution in [0.3, 0.4) is 0 Å². The first-order chi connectivity index (χ1) is 11.5. The summed E-state index contributed by atoms with van der Waals surface area (Å²) in [4.78, 5) is 10.1. The summed E-state index contributed by atoms with van der Waals surface area (Å²) in [6, 6.07) is 5.27. The molecule has 0 atom stereocenters. The van der Waals surface area contributed by atoms with Gasteiger partial charge in [0, 0.05) is 31.4 Å². The second-order valence-corrected chi connectivity index (χ2v) is 6.94. The molecule has 25 heavy (non-hydrogen) atoms. The highest BCUT2D eigenvalue weighted by atomic mass is 127. The Morgan fingerprint density at radius 1 is 1.28 bits per heavy atom. The Labute approximate surface area is 170 Å². The largest absolute Gasteiger partial charge is 0.356 e. The summed E-state index contributed by atoms with van der Waals surface area (Å²) in [6.45, 7) is 7.31. The molecule has 0 aliphatic rings. The number of thiazole rings is 1. The van der Waals surface area contributed by atoms with E-state index in [1.54, 1.807) is 37.4 Å². The molecule has 1 aromatic heterocycles. The minimum atomic E-state index is -0.178. The van der Waals surface area contributed by atoms with Crippen LogP contribution >= 0.6 is 35.3 Å². The van der Waals surface area contributed by atoms with Gasteiger partial charge in [0.15, 0.2) is 5.96 Å². The Hall–Kier alpha value is -1.22. The molecular formula is C18H26FIN4S. The smallest absolute Gasteiger partial charge is 0.191 e. The van der Waals surface area contributed by atoms with E-state index in [-0.39, 0.29) is 29.8 Å². The molecule has 0 aliphatic heterocycles. The van der Waals surface area contributed by atoms with Crippen LogP contribution < -0.4 is 10.6 Å². The van der Waals surface area contributed by atoms with Crippen molar-refractivity contribution in [2.24, 2.45) is 4.99 Å². The monoisotopic (exact) mass is 476 g/mol. The number of nitrogens with zero attached hydrogens (tertiary/aromatic N) is 2. The van der Waals surface area contributed by atoms with Gasteiger partial charge in [-0.05, 0) is 37.5 Å². The van der Waals surface area contributed by atoms with Crippen molar-refractivity contribution in [3.8, 4) is 0 Å². The van der Waals surface area contributed by atoms with Crippen LogP contribution in [0.5, 0.6) is 0 Å². The molecule has 2 N–H and O–H groups in total. The van der Waals surface area contributed by atoms with Gasteiger partial charge in [-0.2, -0.15) is 0 Å². The molecule has 138 valence electrons. The van der Waals surface area contributed by atoms with Crippen LogP contribution in [0.2, 0.25) is 0 Å². The van der Waals surface area contributed by atoms with E-state index >= 15 is 0 Å². The van der Waals surface area contributed by atoms with Crippen molar-refractivity contribution in [2.75, 3.05) is 13.6 Å². The maximum atomic E-state index is 13.6. The van der Waals surface area contributed by atoms with Gasteiger partial charge in [-0.25, -0.2) is 9.37 Å². The summed E-state index contributed by atoms with van der Waals surface area (Å²) in [6.07, 6.45) is 1.84. The third-order valence-corrected chi connectivity index (χ3v) is 4.90. The summed E-state index contributed by atoms with van der Waals surface area (Å²) in [5, 5.41) is 7.62. The van der Waals surface area contributed by atoms with Gasteiger partial charge < -0.3 is 10.6 Å². The fourth-order valence-electron chi connectivity index (χ4n) is 2.36. The third kappa shape index (κ3) is 6.54. The van der Waals surface area contributed by atoms with Crippen LogP contribution in [-0.4, -0.2) is 24.5 Å². The van der Waals surface area contributed by atoms with Gasteiger partial charge in [0.25, 0.3) is 0 Å². The van der Waals surface area contributed by atoms with Crippen molar-refractivity contribution in [2.45, 2.75) is 40.2 Å². The van der Waals surface area contributed by atoms with Crippen molar-refractivity contribution in [1.82, 2.24) is 15.6 Å². The van der Waals surface area contributed by atoms with E-state index in [4.69, 9.17) is 0 Å². The number of aliphatic imine (C=N–C) groups is 1. The first-order valence-electron chi connectivity index (χ1n) is 8.18. The molecule has 0 fully saturated rings. The molecule has 2 aromatic rings. The minimum Gasteiger partial charge on any atom is -0.356 e. The van der Waals surface area contributed by atoms with Gasteiger partial charge in [-0.1, -0.05) is 19.1 Å². The Morgan fingerprint density at radius 2 is 2.04 bits per heavy atom. The number of aromatic nitrogens is 1. The molecule has 4 nitrogen and oxygen atoms in total. The van der Waals surface area contributed by atoms with Crippen LogP contribution in [0.15, 0.2) is 23.2 Å². The van der Waals surface area contributed by atoms with E-state index in [1.165, 1.54) is 10.6 Å². The molecule has 0 spiro atoms. The molecule has 1 aromatic carbocycles. The van der Waals surface area contributed by atoms with E-state index in [2.05, 4.69) is 34.5 Å². The third-order valence-electron chi connectivity index (χ3n) is 3.82. The van der Waals surface area contributed by atoms with E-state index in [1.807, 2.05) is 6.07 Å². The predicted molar refractivity (Wildman–Crippen MR) is 115 cm³/mol. The second-order valence-electron chi connectivity index (χ2n) is 5.65. The summed E-state index contributed by atoms with van der Waals surface area (Å²) >= 11 is 1.76. The molecule has 1 heterocycles. The van der Waals surface area contributed by atoms with Crippen molar-refractivity contribution < 1.29 is 4.39 Å². The number of hydrogen-bond donors (Lipinski definition) is 2. The first-order valence-corrected chi connectivity index (χ1v) is 8.99. The molecule has 0 amide bonds. The maximum absolute atomic E-state index is 13.6. The molecular weight excluding hydrogens is 450 g/mol. The lowest BCUT2D eigenvalue weighted by atomic mass is 10.1. The summed E-state index contributed by atoms with van der Waals surface area (Å²) in [7, 11) is 1.73. The Balaban J connectivity index is 0.00000312. The molecule has 0 radical (unpaired) electrons.